The molecule has 1 heterocycles. The average Bonchev–Trinajstić information content (AvgIpc) is 2.15. The van der Waals surface area contributed by atoms with Crippen LogP contribution in [0.25, 0.3) is 10.9 Å². The summed E-state index contributed by atoms with van der Waals surface area (Å²) in [7, 11) is 1.65. The molecule has 3 heteroatoms. The van der Waals surface area contributed by atoms with Gasteiger partial charge in [0.15, 0.2) is 0 Å². The first-order chi connectivity index (χ1) is 7.61. The molecule has 0 bridgehead atoms. The molecule has 2 nitrogen and oxygen atoms in total. The van der Waals surface area contributed by atoms with Crippen molar-refractivity contribution in [1.29, 1.82) is 0 Å². The summed E-state index contributed by atoms with van der Waals surface area (Å²) in [5, 5.41) is 1.78. The smallest absolute Gasteiger partial charge is 0.0884 e. The maximum Gasteiger partial charge on any atom is 0.0884 e. The third-order valence-corrected chi connectivity index (χ3v) is 2.85. The van der Waals surface area contributed by atoms with Crippen LogP contribution in [0.3, 0.4) is 0 Å². The first-order valence-corrected chi connectivity index (χ1v) is 5.55. The predicted molar refractivity (Wildman–Crippen MR) is 66.9 cm³/mol. The Balaban J connectivity index is 2.71. The van der Waals surface area contributed by atoms with Gasteiger partial charge in [0.1, 0.15) is 0 Å². The number of hydrogen-bond donors (Lipinski definition) is 0. The lowest BCUT2D eigenvalue weighted by atomic mass is 10.1. The Morgan fingerprint density at radius 3 is 2.69 bits per heavy atom. The van der Waals surface area contributed by atoms with Gasteiger partial charge in [0, 0.05) is 12.5 Å². The lowest BCUT2D eigenvalue weighted by molar-refractivity contribution is 0.182. The van der Waals surface area contributed by atoms with Gasteiger partial charge in [0.25, 0.3) is 0 Å². The molecule has 2 rings (SSSR count). The van der Waals surface area contributed by atoms with Crippen molar-refractivity contribution in [2.75, 3.05) is 7.11 Å². The number of hydrogen-bond acceptors (Lipinski definition) is 2. The molecule has 0 fully saturated rings. The summed E-state index contributed by atoms with van der Waals surface area (Å²) in [5.74, 6) is 0. The minimum absolute atomic E-state index is 0.489. The van der Waals surface area contributed by atoms with Crippen LogP contribution in [0.5, 0.6) is 0 Å². The van der Waals surface area contributed by atoms with Crippen LogP contribution < -0.4 is 0 Å². The van der Waals surface area contributed by atoms with Gasteiger partial charge < -0.3 is 4.74 Å². The number of aryl methyl sites for hydroxylation is 2. The minimum Gasteiger partial charge on any atom is -0.378 e. The molecular weight excluding hydrogens is 222 g/mol. The molecule has 0 saturated carbocycles. The van der Waals surface area contributed by atoms with Gasteiger partial charge in [-0.3, -0.25) is 4.98 Å². The maximum atomic E-state index is 6.26. The molecule has 84 valence electrons. The number of fused-ring (bicyclic) bond motifs is 1. The van der Waals surface area contributed by atoms with Crippen molar-refractivity contribution in [2.45, 2.75) is 20.5 Å². The molecule has 1 aromatic heterocycles. The Labute approximate surface area is 100 Å². The molecule has 16 heavy (non-hydrogen) atoms. The largest absolute Gasteiger partial charge is 0.378 e. The van der Waals surface area contributed by atoms with Crippen LogP contribution in [-0.2, 0) is 11.3 Å². The van der Waals surface area contributed by atoms with E-state index in [1.54, 1.807) is 7.11 Å². The van der Waals surface area contributed by atoms with E-state index in [9.17, 15) is 0 Å². The van der Waals surface area contributed by atoms with Crippen LogP contribution in [0.4, 0.5) is 0 Å². The van der Waals surface area contributed by atoms with E-state index in [1.165, 1.54) is 5.56 Å². The molecule has 0 unspecified atom stereocenters. The molecule has 0 aliphatic rings. The SMILES string of the molecule is COCc1cc(Cl)c2c(C)cc(C)cc2n1. The zero-order chi connectivity index (χ0) is 11.7. The van der Waals surface area contributed by atoms with Crippen molar-refractivity contribution in [3.05, 3.63) is 40.0 Å². The van der Waals surface area contributed by atoms with Gasteiger partial charge in [0.2, 0.25) is 0 Å². The van der Waals surface area contributed by atoms with Crippen LogP contribution in [0.1, 0.15) is 16.8 Å². The van der Waals surface area contributed by atoms with Gasteiger partial charge in [-0.1, -0.05) is 17.7 Å². The van der Waals surface area contributed by atoms with E-state index in [1.807, 2.05) is 12.1 Å². The molecule has 0 spiro atoms. The van der Waals surface area contributed by atoms with Crippen molar-refractivity contribution in [2.24, 2.45) is 0 Å². The lowest BCUT2D eigenvalue weighted by Crippen LogP contribution is -1.95. The Morgan fingerprint density at radius 2 is 2.00 bits per heavy atom. The molecule has 0 aliphatic heterocycles. The number of aromatic nitrogens is 1. The minimum atomic E-state index is 0.489. The zero-order valence-corrected chi connectivity index (χ0v) is 10.4. The molecule has 0 radical (unpaired) electrons. The predicted octanol–water partition coefficient (Wildman–Crippen LogP) is 3.65. The van der Waals surface area contributed by atoms with Crippen molar-refractivity contribution < 1.29 is 4.74 Å². The molecule has 0 atom stereocenters. The third-order valence-electron chi connectivity index (χ3n) is 2.55. The number of benzene rings is 1. The van der Waals surface area contributed by atoms with Gasteiger partial charge in [-0.05, 0) is 37.1 Å². The zero-order valence-electron chi connectivity index (χ0n) is 9.67. The van der Waals surface area contributed by atoms with E-state index < -0.39 is 0 Å². The number of ether oxygens (including phenoxy) is 1. The molecular formula is C13H14ClNO. The molecule has 0 amide bonds. The normalized spacial score (nSPS) is 11.0. The monoisotopic (exact) mass is 235 g/mol. The molecule has 0 saturated heterocycles. The highest BCUT2D eigenvalue weighted by Gasteiger charge is 2.07. The standard InChI is InChI=1S/C13H14ClNO/c1-8-4-9(2)13-11(14)6-10(7-16-3)15-12(13)5-8/h4-6H,7H2,1-3H3. The summed E-state index contributed by atoms with van der Waals surface area (Å²) in [4.78, 5) is 4.54. The number of pyridine rings is 1. The second kappa shape index (κ2) is 4.40. The summed E-state index contributed by atoms with van der Waals surface area (Å²) in [6.07, 6.45) is 0. The van der Waals surface area contributed by atoms with Gasteiger partial charge in [0.05, 0.1) is 22.8 Å². The van der Waals surface area contributed by atoms with Gasteiger partial charge in [-0.25, -0.2) is 0 Å². The van der Waals surface area contributed by atoms with Gasteiger partial charge >= 0.3 is 0 Å². The Morgan fingerprint density at radius 1 is 1.25 bits per heavy atom. The lowest BCUT2D eigenvalue weighted by Gasteiger charge is -2.08. The van der Waals surface area contributed by atoms with E-state index in [-0.39, 0.29) is 0 Å². The number of rotatable bonds is 2. The van der Waals surface area contributed by atoms with E-state index in [4.69, 9.17) is 16.3 Å². The van der Waals surface area contributed by atoms with Crippen molar-refractivity contribution in [1.82, 2.24) is 4.98 Å². The summed E-state index contributed by atoms with van der Waals surface area (Å²) in [6.45, 7) is 4.60. The first-order valence-electron chi connectivity index (χ1n) is 5.17. The maximum absolute atomic E-state index is 6.26. The molecule has 0 N–H and O–H groups in total. The molecule has 1 aromatic carbocycles. The summed E-state index contributed by atoms with van der Waals surface area (Å²) in [6, 6.07) is 6.04. The van der Waals surface area contributed by atoms with Crippen LogP contribution in [0, 0.1) is 13.8 Å². The summed E-state index contributed by atoms with van der Waals surface area (Å²) >= 11 is 6.26. The van der Waals surface area contributed by atoms with E-state index in [2.05, 4.69) is 24.9 Å². The number of nitrogens with zero attached hydrogens (tertiary/aromatic N) is 1. The Hall–Kier alpha value is -1.12. The van der Waals surface area contributed by atoms with Crippen molar-refractivity contribution >= 4 is 22.5 Å². The van der Waals surface area contributed by atoms with E-state index >= 15 is 0 Å². The second-order valence-corrected chi connectivity index (χ2v) is 4.41. The highest BCUT2D eigenvalue weighted by atomic mass is 35.5. The van der Waals surface area contributed by atoms with Crippen molar-refractivity contribution in [3.63, 3.8) is 0 Å². The fourth-order valence-electron chi connectivity index (χ4n) is 1.97. The van der Waals surface area contributed by atoms with Crippen LogP contribution in [0.2, 0.25) is 5.02 Å². The van der Waals surface area contributed by atoms with Crippen molar-refractivity contribution in [3.8, 4) is 0 Å². The van der Waals surface area contributed by atoms with Gasteiger partial charge in [-0.2, -0.15) is 0 Å². The highest BCUT2D eigenvalue weighted by molar-refractivity contribution is 6.35. The highest BCUT2D eigenvalue weighted by Crippen LogP contribution is 2.27. The summed E-state index contributed by atoms with van der Waals surface area (Å²) in [5.41, 5.74) is 4.17. The molecule has 2 aromatic rings. The fraction of sp³-hybridized carbons (Fsp3) is 0.308. The van der Waals surface area contributed by atoms with Gasteiger partial charge in [-0.15, -0.1) is 0 Å². The van der Waals surface area contributed by atoms with Crippen LogP contribution >= 0.6 is 11.6 Å². The van der Waals surface area contributed by atoms with E-state index in [0.29, 0.717) is 6.61 Å². The number of methoxy groups -OCH3 is 1. The fourth-order valence-corrected chi connectivity index (χ4v) is 2.34. The van der Waals surface area contributed by atoms with Crippen LogP contribution in [0.15, 0.2) is 18.2 Å². The van der Waals surface area contributed by atoms with Crippen LogP contribution in [-0.4, -0.2) is 12.1 Å². The Kier molecular flexibility index (Phi) is 3.13. The average molecular weight is 236 g/mol. The third kappa shape index (κ3) is 2.04. The second-order valence-electron chi connectivity index (χ2n) is 4.00. The van der Waals surface area contributed by atoms with E-state index in [0.717, 1.165) is 27.2 Å². The quantitative estimate of drug-likeness (QED) is 0.793. The number of halogens is 1. The Bertz CT molecular complexity index is 537. The summed E-state index contributed by atoms with van der Waals surface area (Å²) < 4.78 is 5.07. The molecule has 0 aliphatic carbocycles. The first kappa shape index (κ1) is 11.4. The topological polar surface area (TPSA) is 22.1 Å².